The van der Waals surface area contributed by atoms with E-state index in [0.717, 1.165) is 25.9 Å². The Morgan fingerprint density at radius 3 is 2.39 bits per heavy atom. The molecule has 2 aliphatic heterocycles. The van der Waals surface area contributed by atoms with Gasteiger partial charge in [0.15, 0.2) is 0 Å². The Hall–Kier alpha value is -0.840. The Balaban J connectivity index is 1.94. The zero-order chi connectivity index (χ0) is 17.1. The monoisotopic (exact) mass is 328 g/mol. The van der Waals surface area contributed by atoms with Crippen molar-refractivity contribution in [1.82, 2.24) is 10.2 Å². The number of nitrogens with one attached hydrogen (secondary N) is 1. The molecule has 134 valence electrons. The fourth-order valence-corrected chi connectivity index (χ4v) is 4.18. The van der Waals surface area contributed by atoms with Crippen molar-refractivity contribution in [1.29, 1.82) is 0 Å². The quantitative estimate of drug-likeness (QED) is 0.860. The number of alkyl halides is 1. The average molecular weight is 328 g/mol. The highest BCUT2D eigenvalue weighted by molar-refractivity contribution is 5.74. The lowest BCUT2D eigenvalue weighted by molar-refractivity contribution is 0.00298. The van der Waals surface area contributed by atoms with E-state index in [2.05, 4.69) is 33.0 Å². The van der Waals surface area contributed by atoms with Gasteiger partial charge in [0.25, 0.3) is 0 Å². The van der Waals surface area contributed by atoms with Gasteiger partial charge in [-0.1, -0.05) is 27.7 Å². The normalized spacial score (nSPS) is 26.4. The van der Waals surface area contributed by atoms with Crippen LogP contribution >= 0.6 is 0 Å². The molecule has 23 heavy (non-hydrogen) atoms. The van der Waals surface area contributed by atoms with Crippen molar-refractivity contribution in [2.24, 2.45) is 16.2 Å². The molecule has 2 heterocycles. The highest BCUT2D eigenvalue weighted by atomic mass is 19.1. The second-order valence-electron chi connectivity index (χ2n) is 9.08. The van der Waals surface area contributed by atoms with Crippen molar-refractivity contribution in [3.8, 4) is 0 Å². The summed E-state index contributed by atoms with van der Waals surface area (Å²) < 4.78 is 18.8. The Morgan fingerprint density at radius 1 is 1.13 bits per heavy atom. The maximum atomic E-state index is 13.5. The minimum absolute atomic E-state index is 0.0462. The van der Waals surface area contributed by atoms with Crippen molar-refractivity contribution in [3.63, 3.8) is 0 Å². The van der Waals surface area contributed by atoms with Crippen LogP contribution in [-0.4, -0.2) is 50.5 Å². The molecule has 0 aromatic rings. The lowest BCUT2D eigenvalue weighted by Crippen LogP contribution is -2.49. The molecular formula is C18H33FN2O2. The topological polar surface area (TPSA) is 41.6 Å². The molecule has 1 N–H and O–H groups in total. The van der Waals surface area contributed by atoms with Gasteiger partial charge in [0.1, 0.15) is 0 Å². The van der Waals surface area contributed by atoms with Gasteiger partial charge in [-0.25, -0.2) is 4.79 Å². The largest absolute Gasteiger partial charge is 0.381 e. The van der Waals surface area contributed by atoms with Crippen LogP contribution in [0.15, 0.2) is 0 Å². The standard InChI is InChI=1S/C18H33FN2O2/c1-16(2)5-8-21(14-17(3,4)11-16)15(22)20-13-18(12-19)6-9-23-10-7-18/h5-14H2,1-4H3,(H,20,22). The second-order valence-corrected chi connectivity index (χ2v) is 9.08. The number of hydrogen-bond acceptors (Lipinski definition) is 2. The molecule has 0 radical (unpaired) electrons. The maximum absolute atomic E-state index is 13.5. The molecule has 0 saturated carbocycles. The summed E-state index contributed by atoms with van der Waals surface area (Å²) in [6.07, 6.45) is 3.48. The predicted octanol–water partition coefficient (Wildman–Crippen LogP) is 3.61. The van der Waals surface area contributed by atoms with E-state index in [0.29, 0.717) is 32.6 Å². The summed E-state index contributed by atoms with van der Waals surface area (Å²) in [6.45, 7) is 11.7. The average Bonchev–Trinajstić information content (AvgIpc) is 2.60. The molecule has 0 unspecified atom stereocenters. The third-order valence-electron chi connectivity index (χ3n) is 5.37. The van der Waals surface area contributed by atoms with Crippen LogP contribution in [0.5, 0.6) is 0 Å². The summed E-state index contributed by atoms with van der Waals surface area (Å²) in [5, 5.41) is 3.00. The molecule has 2 amide bonds. The first-order valence-electron chi connectivity index (χ1n) is 8.84. The molecule has 5 heteroatoms. The molecule has 2 rings (SSSR count). The van der Waals surface area contributed by atoms with Gasteiger partial charge in [-0.05, 0) is 36.5 Å². The van der Waals surface area contributed by atoms with Crippen LogP contribution in [0.4, 0.5) is 9.18 Å². The molecular weight excluding hydrogens is 295 g/mol. The number of likely N-dealkylation sites (tertiary alicyclic amines) is 1. The van der Waals surface area contributed by atoms with E-state index in [1.807, 2.05) is 4.90 Å². The van der Waals surface area contributed by atoms with Gasteiger partial charge < -0.3 is 15.0 Å². The van der Waals surface area contributed by atoms with Crippen LogP contribution in [0.1, 0.15) is 53.4 Å². The first-order valence-corrected chi connectivity index (χ1v) is 8.84. The Kier molecular flexibility index (Phi) is 5.59. The van der Waals surface area contributed by atoms with Crippen LogP contribution in [0.2, 0.25) is 0 Å². The van der Waals surface area contributed by atoms with Gasteiger partial charge in [-0.2, -0.15) is 0 Å². The highest BCUT2D eigenvalue weighted by Crippen LogP contribution is 2.39. The molecule has 2 aliphatic rings. The minimum Gasteiger partial charge on any atom is -0.381 e. The fourth-order valence-electron chi connectivity index (χ4n) is 4.18. The number of hydrogen-bond donors (Lipinski definition) is 1. The molecule has 2 fully saturated rings. The van der Waals surface area contributed by atoms with E-state index in [-0.39, 0.29) is 16.9 Å². The van der Waals surface area contributed by atoms with Gasteiger partial charge in [0.05, 0.1) is 6.67 Å². The third-order valence-corrected chi connectivity index (χ3v) is 5.37. The van der Waals surface area contributed by atoms with Crippen molar-refractivity contribution in [2.75, 3.05) is 39.5 Å². The number of ether oxygens (including phenoxy) is 1. The van der Waals surface area contributed by atoms with Crippen molar-refractivity contribution in [2.45, 2.75) is 53.4 Å². The van der Waals surface area contributed by atoms with Crippen molar-refractivity contribution >= 4 is 6.03 Å². The first kappa shape index (κ1) is 18.5. The molecule has 0 aromatic carbocycles. The Morgan fingerprint density at radius 2 is 1.78 bits per heavy atom. The van der Waals surface area contributed by atoms with E-state index in [1.54, 1.807) is 0 Å². The smallest absolute Gasteiger partial charge is 0.317 e. The predicted molar refractivity (Wildman–Crippen MR) is 90.2 cm³/mol. The number of urea groups is 1. The maximum Gasteiger partial charge on any atom is 0.317 e. The lowest BCUT2D eigenvalue weighted by atomic mass is 9.75. The number of amides is 2. The molecule has 0 atom stereocenters. The van der Waals surface area contributed by atoms with Gasteiger partial charge in [0, 0.05) is 38.3 Å². The van der Waals surface area contributed by atoms with Crippen molar-refractivity contribution < 1.29 is 13.9 Å². The first-order chi connectivity index (χ1) is 10.7. The van der Waals surface area contributed by atoms with E-state index in [9.17, 15) is 9.18 Å². The Labute approximate surface area is 140 Å². The van der Waals surface area contributed by atoms with E-state index >= 15 is 0 Å². The molecule has 0 bridgehead atoms. The minimum atomic E-state index is -0.436. The van der Waals surface area contributed by atoms with Crippen LogP contribution in [0, 0.1) is 16.2 Å². The summed E-state index contributed by atoms with van der Waals surface area (Å²) >= 11 is 0. The SMILES string of the molecule is CC1(C)CCN(C(=O)NCC2(CF)CCOCC2)CC(C)(C)C1. The lowest BCUT2D eigenvalue weighted by Gasteiger charge is -2.36. The van der Waals surface area contributed by atoms with E-state index < -0.39 is 12.1 Å². The summed E-state index contributed by atoms with van der Waals surface area (Å²) in [5.74, 6) is 0. The van der Waals surface area contributed by atoms with Gasteiger partial charge in [-0.3, -0.25) is 4.39 Å². The Bertz CT molecular complexity index is 417. The van der Waals surface area contributed by atoms with E-state index in [4.69, 9.17) is 4.74 Å². The summed E-state index contributed by atoms with van der Waals surface area (Å²) in [5.41, 5.74) is -0.0816. The van der Waals surface area contributed by atoms with Gasteiger partial charge >= 0.3 is 6.03 Å². The number of rotatable bonds is 3. The van der Waals surface area contributed by atoms with Crippen LogP contribution < -0.4 is 5.32 Å². The van der Waals surface area contributed by atoms with Crippen LogP contribution in [0.3, 0.4) is 0 Å². The number of carbonyl (C=O) groups excluding carboxylic acids is 1. The number of carbonyl (C=O) groups is 1. The molecule has 2 saturated heterocycles. The summed E-state index contributed by atoms with van der Waals surface area (Å²) in [6, 6.07) is -0.0462. The highest BCUT2D eigenvalue weighted by Gasteiger charge is 2.37. The summed E-state index contributed by atoms with van der Waals surface area (Å²) in [4.78, 5) is 14.5. The summed E-state index contributed by atoms with van der Waals surface area (Å²) in [7, 11) is 0. The second kappa shape index (κ2) is 6.96. The fraction of sp³-hybridized carbons (Fsp3) is 0.944. The van der Waals surface area contributed by atoms with Crippen LogP contribution in [0.25, 0.3) is 0 Å². The zero-order valence-electron chi connectivity index (χ0n) is 15.2. The van der Waals surface area contributed by atoms with Crippen LogP contribution in [-0.2, 0) is 4.74 Å². The molecule has 4 nitrogen and oxygen atoms in total. The molecule has 0 aromatic heterocycles. The number of halogens is 1. The van der Waals surface area contributed by atoms with Crippen molar-refractivity contribution in [3.05, 3.63) is 0 Å². The van der Waals surface area contributed by atoms with Gasteiger partial charge in [-0.15, -0.1) is 0 Å². The van der Waals surface area contributed by atoms with E-state index in [1.165, 1.54) is 0 Å². The van der Waals surface area contributed by atoms with Gasteiger partial charge in [0.2, 0.25) is 0 Å². The zero-order valence-corrected chi connectivity index (χ0v) is 15.2. The molecule has 0 spiro atoms. The number of nitrogens with zero attached hydrogens (tertiary/aromatic N) is 1. The molecule has 0 aliphatic carbocycles. The third kappa shape index (κ3) is 5.07.